The van der Waals surface area contributed by atoms with Gasteiger partial charge in [-0.2, -0.15) is 0 Å². The molecule has 18 heavy (non-hydrogen) atoms. The van der Waals surface area contributed by atoms with Crippen LogP contribution >= 0.6 is 23.2 Å². The molecule has 3 nitrogen and oxygen atoms in total. The van der Waals surface area contributed by atoms with Crippen LogP contribution in [0.25, 0.3) is 0 Å². The highest BCUT2D eigenvalue weighted by atomic mass is 35.5. The molecular formula is C13H17Cl2NO2. The van der Waals surface area contributed by atoms with Crippen molar-refractivity contribution in [2.24, 2.45) is 5.41 Å². The van der Waals surface area contributed by atoms with Crippen molar-refractivity contribution in [3.05, 3.63) is 38.9 Å². The van der Waals surface area contributed by atoms with E-state index in [4.69, 9.17) is 23.2 Å². The smallest absolute Gasteiger partial charge is 0.258 e. The Kier molecular flexibility index (Phi) is 5.00. The summed E-state index contributed by atoms with van der Waals surface area (Å²) in [5.41, 5.74) is 0.731. The predicted molar refractivity (Wildman–Crippen MR) is 75.5 cm³/mol. The molecule has 0 aromatic heterocycles. The van der Waals surface area contributed by atoms with E-state index in [-0.39, 0.29) is 21.4 Å². The third-order valence-corrected chi connectivity index (χ3v) is 3.95. The lowest BCUT2D eigenvalue weighted by molar-refractivity contribution is -0.385. The zero-order valence-corrected chi connectivity index (χ0v) is 12.3. The van der Waals surface area contributed by atoms with E-state index in [1.807, 2.05) is 0 Å². The molecule has 0 aliphatic rings. The van der Waals surface area contributed by atoms with E-state index < -0.39 is 0 Å². The molecule has 5 heteroatoms. The standard InChI is InChI=1S/C13H17Cl2NO2/c1-13(2,3)12(15)7-4-9-8-10(14)5-6-11(9)16(17)18/h5-6,8,12H,4,7H2,1-3H3. The van der Waals surface area contributed by atoms with Gasteiger partial charge in [-0.1, -0.05) is 32.4 Å². The van der Waals surface area contributed by atoms with Crippen molar-refractivity contribution < 1.29 is 4.92 Å². The quantitative estimate of drug-likeness (QED) is 0.452. The van der Waals surface area contributed by atoms with Crippen LogP contribution in [0.4, 0.5) is 5.69 Å². The minimum Gasteiger partial charge on any atom is -0.258 e. The maximum absolute atomic E-state index is 10.9. The summed E-state index contributed by atoms with van der Waals surface area (Å²) in [7, 11) is 0. The first-order valence-corrected chi connectivity index (χ1v) is 6.60. The highest BCUT2D eigenvalue weighted by molar-refractivity contribution is 6.30. The molecule has 0 heterocycles. The van der Waals surface area contributed by atoms with Crippen molar-refractivity contribution >= 4 is 28.9 Å². The molecule has 100 valence electrons. The van der Waals surface area contributed by atoms with E-state index in [1.165, 1.54) is 12.1 Å². The number of benzene rings is 1. The van der Waals surface area contributed by atoms with Crippen LogP contribution in [0.15, 0.2) is 18.2 Å². The number of nitrogens with zero attached hydrogens (tertiary/aromatic N) is 1. The first-order chi connectivity index (χ1) is 8.21. The topological polar surface area (TPSA) is 43.1 Å². The minimum atomic E-state index is -0.383. The number of nitro benzene ring substituents is 1. The second-order valence-electron chi connectivity index (χ2n) is 5.40. The number of rotatable bonds is 4. The second kappa shape index (κ2) is 5.89. The lowest BCUT2D eigenvalue weighted by Gasteiger charge is -2.24. The highest BCUT2D eigenvalue weighted by Gasteiger charge is 2.23. The molecule has 0 saturated heterocycles. The van der Waals surface area contributed by atoms with E-state index in [2.05, 4.69) is 20.8 Å². The van der Waals surface area contributed by atoms with Gasteiger partial charge in [-0.25, -0.2) is 0 Å². The second-order valence-corrected chi connectivity index (χ2v) is 6.37. The summed E-state index contributed by atoms with van der Waals surface area (Å²) in [4.78, 5) is 10.5. The minimum absolute atomic E-state index is 0.0189. The first-order valence-electron chi connectivity index (χ1n) is 5.78. The molecule has 1 rings (SSSR count). The van der Waals surface area contributed by atoms with Crippen molar-refractivity contribution in [3.63, 3.8) is 0 Å². The number of aryl methyl sites for hydroxylation is 1. The van der Waals surface area contributed by atoms with E-state index in [0.29, 0.717) is 23.4 Å². The fraction of sp³-hybridized carbons (Fsp3) is 0.538. The molecule has 1 aromatic carbocycles. The Hall–Kier alpha value is -0.800. The van der Waals surface area contributed by atoms with Crippen LogP contribution in [0.2, 0.25) is 5.02 Å². The maximum atomic E-state index is 10.9. The molecule has 0 aliphatic heterocycles. The van der Waals surface area contributed by atoms with Gasteiger partial charge in [0.2, 0.25) is 0 Å². The van der Waals surface area contributed by atoms with Gasteiger partial charge >= 0.3 is 0 Å². The number of hydrogen-bond donors (Lipinski definition) is 0. The van der Waals surface area contributed by atoms with Crippen LogP contribution in [0.1, 0.15) is 32.8 Å². The highest BCUT2D eigenvalue weighted by Crippen LogP contribution is 2.30. The molecule has 0 radical (unpaired) electrons. The third kappa shape index (κ3) is 4.14. The van der Waals surface area contributed by atoms with Gasteiger partial charge in [0.15, 0.2) is 0 Å². The Morgan fingerprint density at radius 3 is 2.50 bits per heavy atom. The molecule has 0 N–H and O–H groups in total. The molecule has 0 bridgehead atoms. The summed E-state index contributed by atoms with van der Waals surface area (Å²) >= 11 is 12.1. The van der Waals surface area contributed by atoms with Gasteiger partial charge in [-0.15, -0.1) is 11.6 Å². The van der Waals surface area contributed by atoms with Crippen molar-refractivity contribution in [3.8, 4) is 0 Å². The molecule has 0 fully saturated rings. The number of hydrogen-bond acceptors (Lipinski definition) is 2. The molecule has 0 spiro atoms. The first kappa shape index (κ1) is 15.3. The average molecular weight is 290 g/mol. The summed E-state index contributed by atoms with van der Waals surface area (Å²) in [5, 5.41) is 11.4. The molecular weight excluding hydrogens is 273 g/mol. The van der Waals surface area contributed by atoms with Gasteiger partial charge < -0.3 is 0 Å². The van der Waals surface area contributed by atoms with E-state index in [1.54, 1.807) is 6.07 Å². The summed E-state index contributed by atoms with van der Waals surface area (Å²) < 4.78 is 0. The SMILES string of the molecule is CC(C)(C)C(Cl)CCc1cc(Cl)ccc1[N+](=O)[O-]. The number of alkyl halides is 1. The van der Waals surface area contributed by atoms with Crippen LogP contribution < -0.4 is 0 Å². The van der Waals surface area contributed by atoms with Gasteiger partial charge in [0.25, 0.3) is 5.69 Å². The molecule has 0 saturated carbocycles. The van der Waals surface area contributed by atoms with Crippen LogP contribution in [-0.2, 0) is 6.42 Å². The van der Waals surface area contributed by atoms with E-state index >= 15 is 0 Å². The average Bonchev–Trinajstić information content (AvgIpc) is 2.24. The monoisotopic (exact) mass is 289 g/mol. The van der Waals surface area contributed by atoms with Gasteiger partial charge in [0, 0.05) is 22.0 Å². The van der Waals surface area contributed by atoms with E-state index in [0.717, 1.165) is 0 Å². The molecule has 1 unspecified atom stereocenters. The number of nitro groups is 1. The van der Waals surface area contributed by atoms with Crippen LogP contribution in [0, 0.1) is 15.5 Å². The normalized spacial score (nSPS) is 13.4. The lowest BCUT2D eigenvalue weighted by Crippen LogP contribution is -2.21. The van der Waals surface area contributed by atoms with Crippen molar-refractivity contribution in [2.75, 3.05) is 0 Å². The van der Waals surface area contributed by atoms with Crippen molar-refractivity contribution in [1.29, 1.82) is 0 Å². The summed E-state index contributed by atoms with van der Waals surface area (Å²) in [6, 6.07) is 4.62. The van der Waals surface area contributed by atoms with Crippen LogP contribution in [-0.4, -0.2) is 10.3 Å². The molecule has 0 amide bonds. The fourth-order valence-electron chi connectivity index (χ4n) is 1.65. The summed E-state index contributed by atoms with van der Waals surface area (Å²) in [5.74, 6) is 0. The predicted octanol–water partition coefficient (Wildman–Crippen LogP) is 4.83. The van der Waals surface area contributed by atoms with Gasteiger partial charge in [0.1, 0.15) is 0 Å². The Morgan fingerprint density at radius 2 is 2.00 bits per heavy atom. The summed E-state index contributed by atoms with van der Waals surface area (Å²) in [6.07, 6.45) is 1.24. The molecule has 1 atom stereocenters. The molecule has 0 aliphatic carbocycles. The van der Waals surface area contributed by atoms with Gasteiger partial charge in [-0.05, 0) is 30.4 Å². The van der Waals surface area contributed by atoms with Gasteiger partial charge in [-0.3, -0.25) is 10.1 Å². The third-order valence-electron chi connectivity index (χ3n) is 2.85. The Balaban J connectivity index is 2.84. The van der Waals surface area contributed by atoms with Crippen molar-refractivity contribution in [1.82, 2.24) is 0 Å². The Labute approximate surface area is 117 Å². The van der Waals surface area contributed by atoms with Crippen LogP contribution in [0.5, 0.6) is 0 Å². The summed E-state index contributed by atoms with van der Waals surface area (Å²) in [6.45, 7) is 6.16. The van der Waals surface area contributed by atoms with Gasteiger partial charge in [0.05, 0.1) is 4.92 Å². The lowest BCUT2D eigenvalue weighted by atomic mass is 9.88. The van der Waals surface area contributed by atoms with Crippen LogP contribution in [0.3, 0.4) is 0 Å². The number of halogens is 2. The maximum Gasteiger partial charge on any atom is 0.272 e. The van der Waals surface area contributed by atoms with Crippen molar-refractivity contribution in [2.45, 2.75) is 39.0 Å². The van der Waals surface area contributed by atoms with E-state index in [9.17, 15) is 10.1 Å². The zero-order chi connectivity index (χ0) is 13.9. The fourth-order valence-corrected chi connectivity index (χ4v) is 1.95. The Bertz CT molecular complexity index is 441. The molecule has 1 aromatic rings. The zero-order valence-electron chi connectivity index (χ0n) is 10.7. The largest absolute Gasteiger partial charge is 0.272 e. The Morgan fingerprint density at radius 1 is 1.39 bits per heavy atom.